The van der Waals surface area contributed by atoms with E-state index in [1.54, 1.807) is 9.80 Å². The van der Waals surface area contributed by atoms with E-state index in [1.807, 2.05) is 0 Å². The maximum Gasteiger partial charge on any atom is 0.227 e. The Bertz CT molecular complexity index is 371. The van der Waals surface area contributed by atoms with Crippen LogP contribution in [0.4, 0.5) is 0 Å². The van der Waals surface area contributed by atoms with Crippen LogP contribution in [0.15, 0.2) is 0 Å². The molecule has 2 saturated heterocycles. The van der Waals surface area contributed by atoms with Crippen molar-refractivity contribution in [2.75, 3.05) is 13.1 Å². The largest absolute Gasteiger partial charge is 0.307 e. The van der Waals surface area contributed by atoms with Gasteiger partial charge in [0.25, 0.3) is 0 Å². The first-order chi connectivity index (χ1) is 8.59. The zero-order chi connectivity index (χ0) is 13.1. The Balaban J connectivity index is 1.80. The molecule has 0 aromatic carbocycles. The van der Waals surface area contributed by atoms with Gasteiger partial charge in [-0.15, -0.1) is 0 Å². The van der Waals surface area contributed by atoms with Crippen LogP contribution in [0.3, 0.4) is 0 Å². The molecule has 0 radical (unpaired) electrons. The Morgan fingerprint density at radius 2 is 1.28 bits per heavy atom. The van der Waals surface area contributed by atoms with E-state index in [-0.39, 0.29) is 24.7 Å². The summed E-state index contributed by atoms with van der Waals surface area (Å²) in [5, 5.41) is 0. The van der Waals surface area contributed by atoms with Gasteiger partial charge in [-0.05, 0) is 12.8 Å². The van der Waals surface area contributed by atoms with Crippen molar-refractivity contribution in [1.29, 1.82) is 0 Å². The van der Waals surface area contributed by atoms with E-state index in [4.69, 9.17) is 24.4 Å². The molecule has 0 aliphatic carbocycles. The second-order valence-electron chi connectivity index (χ2n) is 4.59. The third-order valence-electron chi connectivity index (χ3n) is 3.30. The predicted octanol–water partition coefficient (Wildman–Crippen LogP) is 1.67. The lowest BCUT2D eigenvalue weighted by Gasteiger charge is -2.18. The molecule has 0 saturated carbocycles. The third kappa shape index (κ3) is 2.92. The van der Waals surface area contributed by atoms with E-state index in [0.29, 0.717) is 23.1 Å². The van der Waals surface area contributed by atoms with Crippen LogP contribution in [-0.4, -0.2) is 44.7 Å². The van der Waals surface area contributed by atoms with E-state index in [2.05, 4.69) is 0 Å². The highest BCUT2D eigenvalue weighted by atomic mass is 32.1. The van der Waals surface area contributed by atoms with Gasteiger partial charge >= 0.3 is 0 Å². The highest BCUT2D eigenvalue weighted by Crippen LogP contribution is 2.16. The summed E-state index contributed by atoms with van der Waals surface area (Å²) in [6.45, 7) is 1.40. The van der Waals surface area contributed by atoms with Gasteiger partial charge in [-0.25, -0.2) is 0 Å². The SMILES string of the molecule is O=C(CCC(=O)N1CCCC1=S)N1CCCC1=S. The molecule has 0 bridgehead atoms. The fourth-order valence-electron chi connectivity index (χ4n) is 2.31. The Morgan fingerprint density at radius 3 is 1.56 bits per heavy atom. The molecule has 2 amide bonds. The minimum Gasteiger partial charge on any atom is -0.307 e. The number of carbonyl (C=O) groups excluding carboxylic acids is 2. The van der Waals surface area contributed by atoms with E-state index in [9.17, 15) is 9.59 Å². The molecule has 2 fully saturated rings. The molecule has 0 N–H and O–H groups in total. The molecule has 0 aromatic rings. The first kappa shape index (κ1) is 13.5. The van der Waals surface area contributed by atoms with Gasteiger partial charge in [0.1, 0.15) is 0 Å². The Kier molecular flexibility index (Phi) is 4.40. The van der Waals surface area contributed by atoms with Crippen molar-refractivity contribution in [3.05, 3.63) is 0 Å². The van der Waals surface area contributed by atoms with Gasteiger partial charge in [0.05, 0.1) is 9.98 Å². The van der Waals surface area contributed by atoms with Crippen molar-refractivity contribution in [1.82, 2.24) is 9.80 Å². The van der Waals surface area contributed by atoms with Gasteiger partial charge in [0.15, 0.2) is 0 Å². The summed E-state index contributed by atoms with van der Waals surface area (Å²) in [5.41, 5.74) is 0. The van der Waals surface area contributed by atoms with Crippen molar-refractivity contribution in [2.45, 2.75) is 38.5 Å². The number of carbonyl (C=O) groups is 2. The summed E-state index contributed by atoms with van der Waals surface area (Å²) in [6, 6.07) is 0. The van der Waals surface area contributed by atoms with Crippen LogP contribution < -0.4 is 0 Å². The zero-order valence-corrected chi connectivity index (χ0v) is 11.8. The molecule has 2 rings (SSSR count). The molecule has 0 atom stereocenters. The summed E-state index contributed by atoms with van der Waals surface area (Å²) >= 11 is 10.2. The Morgan fingerprint density at radius 1 is 0.889 bits per heavy atom. The zero-order valence-electron chi connectivity index (χ0n) is 10.2. The number of likely N-dealkylation sites (tertiary alicyclic amines) is 2. The first-order valence-electron chi connectivity index (χ1n) is 6.26. The monoisotopic (exact) mass is 284 g/mol. The van der Waals surface area contributed by atoms with Crippen LogP contribution in [0.2, 0.25) is 0 Å². The number of nitrogens with zero attached hydrogens (tertiary/aromatic N) is 2. The fourth-order valence-corrected chi connectivity index (χ4v) is 2.98. The lowest BCUT2D eigenvalue weighted by Crippen LogP contribution is -2.34. The van der Waals surface area contributed by atoms with Crippen molar-refractivity contribution < 1.29 is 9.59 Å². The Labute approximate surface area is 117 Å². The van der Waals surface area contributed by atoms with Crippen molar-refractivity contribution in [3.8, 4) is 0 Å². The quantitative estimate of drug-likeness (QED) is 0.739. The van der Waals surface area contributed by atoms with E-state index >= 15 is 0 Å². The van der Waals surface area contributed by atoms with Crippen LogP contribution in [0.1, 0.15) is 38.5 Å². The molecule has 2 heterocycles. The van der Waals surface area contributed by atoms with Gasteiger partial charge in [-0.3, -0.25) is 9.59 Å². The van der Waals surface area contributed by atoms with Crippen LogP contribution >= 0.6 is 24.4 Å². The highest BCUT2D eigenvalue weighted by Gasteiger charge is 2.26. The van der Waals surface area contributed by atoms with Crippen molar-refractivity contribution in [3.63, 3.8) is 0 Å². The van der Waals surface area contributed by atoms with Gasteiger partial charge in [0.2, 0.25) is 11.8 Å². The smallest absolute Gasteiger partial charge is 0.227 e. The minimum atomic E-state index is -0.0315. The van der Waals surface area contributed by atoms with Crippen molar-refractivity contribution >= 4 is 46.2 Å². The molecule has 0 aromatic heterocycles. The lowest BCUT2D eigenvalue weighted by molar-refractivity contribution is -0.132. The summed E-state index contributed by atoms with van der Waals surface area (Å²) in [4.78, 5) is 28.5. The first-order valence-corrected chi connectivity index (χ1v) is 7.07. The molecule has 4 nitrogen and oxygen atoms in total. The van der Waals surface area contributed by atoms with E-state index in [0.717, 1.165) is 25.7 Å². The molecule has 18 heavy (non-hydrogen) atoms. The van der Waals surface area contributed by atoms with Crippen molar-refractivity contribution in [2.24, 2.45) is 0 Å². The normalized spacial score (nSPS) is 19.8. The topological polar surface area (TPSA) is 40.6 Å². The average Bonchev–Trinajstić information content (AvgIpc) is 2.94. The van der Waals surface area contributed by atoms with Gasteiger partial charge < -0.3 is 9.80 Å². The number of thiocarbonyl (C=S) groups is 2. The average molecular weight is 284 g/mol. The molecule has 0 unspecified atom stereocenters. The van der Waals surface area contributed by atoms with Crippen LogP contribution in [-0.2, 0) is 9.59 Å². The molecule has 0 spiro atoms. The summed E-state index contributed by atoms with van der Waals surface area (Å²) in [5.74, 6) is -0.0630. The summed E-state index contributed by atoms with van der Waals surface area (Å²) in [6.07, 6.45) is 3.97. The molecule has 2 aliphatic heterocycles. The van der Waals surface area contributed by atoms with Crippen LogP contribution in [0.25, 0.3) is 0 Å². The van der Waals surface area contributed by atoms with E-state index in [1.165, 1.54) is 0 Å². The predicted molar refractivity (Wildman–Crippen MR) is 76.3 cm³/mol. The number of amides is 2. The standard InChI is InChI=1S/C12H16N2O2S2/c15-9(13-7-1-3-11(13)17)5-6-10(16)14-8-2-4-12(14)18/h1-8H2. The third-order valence-corrected chi connectivity index (χ3v) is 4.15. The number of hydrogen-bond acceptors (Lipinski definition) is 4. The van der Waals surface area contributed by atoms with Gasteiger partial charge in [0, 0.05) is 38.8 Å². The van der Waals surface area contributed by atoms with Gasteiger partial charge in [-0.2, -0.15) is 0 Å². The number of rotatable bonds is 3. The van der Waals surface area contributed by atoms with Crippen LogP contribution in [0.5, 0.6) is 0 Å². The molecule has 2 aliphatic rings. The fraction of sp³-hybridized carbons (Fsp3) is 0.667. The molecule has 98 valence electrons. The minimum absolute atomic E-state index is 0.0315. The van der Waals surface area contributed by atoms with E-state index < -0.39 is 0 Å². The number of hydrogen-bond donors (Lipinski definition) is 0. The second-order valence-corrected chi connectivity index (χ2v) is 5.53. The lowest BCUT2D eigenvalue weighted by atomic mass is 10.2. The highest BCUT2D eigenvalue weighted by molar-refractivity contribution is 7.80. The summed E-state index contributed by atoms with van der Waals surface area (Å²) < 4.78 is 0. The Hall–Kier alpha value is -0.880. The van der Waals surface area contributed by atoms with Gasteiger partial charge in [-0.1, -0.05) is 24.4 Å². The second kappa shape index (κ2) is 5.84. The maximum atomic E-state index is 11.9. The molecule has 6 heteroatoms. The summed E-state index contributed by atoms with van der Waals surface area (Å²) in [7, 11) is 0. The maximum absolute atomic E-state index is 11.9. The van der Waals surface area contributed by atoms with Crippen LogP contribution in [0, 0.1) is 0 Å². The molecular formula is C12H16N2O2S2. The molecular weight excluding hydrogens is 268 g/mol.